The smallest absolute Gasteiger partial charge is 0.282 e. The van der Waals surface area contributed by atoms with Crippen LogP contribution < -0.4 is 10.1 Å². The molecule has 4 rings (SSSR count). The van der Waals surface area contributed by atoms with Crippen molar-refractivity contribution in [2.75, 3.05) is 12.4 Å². The number of ether oxygens (including phenoxy) is 1. The monoisotopic (exact) mass is 432 g/mol. The van der Waals surface area contributed by atoms with E-state index in [1.165, 1.54) is 25.3 Å². The van der Waals surface area contributed by atoms with Crippen LogP contribution in [0.15, 0.2) is 93.9 Å². The summed E-state index contributed by atoms with van der Waals surface area (Å²) in [6.07, 6.45) is 1.48. The van der Waals surface area contributed by atoms with Crippen molar-refractivity contribution in [2.24, 2.45) is 4.40 Å². The molecular formula is C24H20N2O4S. The molecule has 0 spiro atoms. The highest BCUT2D eigenvalue weighted by molar-refractivity contribution is 7.90. The maximum Gasteiger partial charge on any atom is 0.282 e. The first-order valence-corrected chi connectivity index (χ1v) is 11.0. The van der Waals surface area contributed by atoms with E-state index in [4.69, 9.17) is 4.74 Å². The average Bonchev–Trinajstić information content (AvgIpc) is 2.78. The number of methoxy groups -OCH3 is 1. The molecular weight excluding hydrogens is 412 g/mol. The molecule has 0 unspecified atom stereocenters. The second kappa shape index (κ2) is 8.20. The lowest BCUT2D eigenvalue weighted by Gasteiger charge is -2.19. The fourth-order valence-electron chi connectivity index (χ4n) is 3.29. The van der Waals surface area contributed by atoms with Crippen LogP contribution in [0.5, 0.6) is 5.75 Å². The van der Waals surface area contributed by atoms with E-state index in [9.17, 15) is 13.2 Å². The molecule has 0 fully saturated rings. The molecule has 7 heteroatoms. The van der Waals surface area contributed by atoms with E-state index >= 15 is 0 Å². The van der Waals surface area contributed by atoms with Gasteiger partial charge in [-0.05, 0) is 48.9 Å². The van der Waals surface area contributed by atoms with Gasteiger partial charge in [-0.2, -0.15) is 12.8 Å². The maximum absolute atomic E-state index is 13.0. The Balaban J connectivity index is 1.80. The first kappa shape index (κ1) is 20.6. The summed E-state index contributed by atoms with van der Waals surface area (Å²) < 4.78 is 35.0. The summed E-state index contributed by atoms with van der Waals surface area (Å²) in [6.45, 7) is 1.92. The van der Waals surface area contributed by atoms with E-state index in [-0.39, 0.29) is 22.1 Å². The summed E-state index contributed by atoms with van der Waals surface area (Å²) in [7, 11) is -2.49. The summed E-state index contributed by atoms with van der Waals surface area (Å²) in [5.74, 6) is 0.324. The molecule has 31 heavy (non-hydrogen) atoms. The molecule has 0 atom stereocenters. The highest BCUT2D eigenvalue weighted by Gasteiger charge is 2.26. The SMILES string of the molecule is COc1ccc(S(=O)(=O)/N=C2\C=C(Nc3ccccc3C)C(=O)c3ccccc32)cc1. The number of nitrogens with zero attached hydrogens (tertiary/aromatic N) is 1. The number of allylic oxidation sites excluding steroid dienone is 2. The Morgan fingerprint density at radius 2 is 1.52 bits per heavy atom. The van der Waals surface area contributed by atoms with Crippen LogP contribution in [0.2, 0.25) is 0 Å². The summed E-state index contributed by atoms with van der Waals surface area (Å²) in [6, 6.07) is 20.4. The van der Waals surface area contributed by atoms with Gasteiger partial charge in [0.05, 0.1) is 23.4 Å². The number of carbonyl (C=O) groups is 1. The third-order valence-electron chi connectivity index (χ3n) is 4.96. The molecule has 6 nitrogen and oxygen atoms in total. The van der Waals surface area contributed by atoms with E-state index < -0.39 is 10.0 Å². The number of nitrogens with one attached hydrogen (secondary N) is 1. The van der Waals surface area contributed by atoms with Gasteiger partial charge in [-0.3, -0.25) is 4.79 Å². The van der Waals surface area contributed by atoms with Gasteiger partial charge in [-0.15, -0.1) is 0 Å². The van der Waals surface area contributed by atoms with E-state index in [0.29, 0.717) is 16.9 Å². The summed E-state index contributed by atoms with van der Waals surface area (Å²) in [5, 5.41) is 3.13. The van der Waals surface area contributed by atoms with Crippen LogP contribution in [-0.4, -0.2) is 27.0 Å². The third kappa shape index (κ3) is 4.13. The molecule has 156 valence electrons. The van der Waals surface area contributed by atoms with Crippen LogP contribution in [0.25, 0.3) is 0 Å². The minimum atomic E-state index is -4.00. The van der Waals surface area contributed by atoms with Crippen molar-refractivity contribution >= 4 is 27.2 Å². The zero-order valence-corrected chi connectivity index (χ0v) is 17.8. The zero-order valence-electron chi connectivity index (χ0n) is 17.0. The van der Waals surface area contributed by atoms with Gasteiger partial charge >= 0.3 is 0 Å². The van der Waals surface area contributed by atoms with Gasteiger partial charge < -0.3 is 10.1 Å². The number of carbonyl (C=O) groups excluding carboxylic acids is 1. The predicted molar refractivity (Wildman–Crippen MR) is 120 cm³/mol. The summed E-state index contributed by atoms with van der Waals surface area (Å²) >= 11 is 0. The maximum atomic E-state index is 13.0. The molecule has 3 aromatic carbocycles. The number of ketones is 1. The summed E-state index contributed by atoms with van der Waals surface area (Å²) in [4.78, 5) is 13.1. The fraction of sp³-hybridized carbons (Fsp3) is 0.0833. The van der Waals surface area contributed by atoms with Gasteiger partial charge in [0.15, 0.2) is 0 Å². The van der Waals surface area contributed by atoms with Gasteiger partial charge in [-0.1, -0.05) is 42.5 Å². The Labute approximate surface area is 181 Å². The molecule has 0 amide bonds. The lowest BCUT2D eigenvalue weighted by atomic mass is 9.92. The van der Waals surface area contributed by atoms with E-state index in [0.717, 1.165) is 11.3 Å². The molecule has 0 heterocycles. The molecule has 0 aromatic heterocycles. The first-order valence-electron chi connectivity index (χ1n) is 9.56. The van der Waals surface area contributed by atoms with Crippen LogP contribution in [0.4, 0.5) is 5.69 Å². The van der Waals surface area contributed by atoms with E-state index in [1.54, 1.807) is 36.4 Å². The van der Waals surface area contributed by atoms with Crippen LogP contribution >= 0.6 is 0 Å². The molecule has 0 bridgehead atoms. The molecule has 0 aliphatic heterocycles. The van der Waals surface area contributed by atoms with E-state index in [2.05, 4.69) is 9.71 Å². The van der Waals surface area contributed by atoms with E-state index in [1.807, 2.05) is 31.2 Å². The van der Waals surface area contributed by atoms with Crippen molar-refractivity contribution in [3.8, 4) is 5.75 Å². The van der Waals surface area contributed by atoms with Crippen molar-refractivity contribution in [3.63, 3.8) is 0 Å². The number of fused-ring (bicyclic) bond motifs is 1. The van der Waals surface area contributed by atoms with Crippen molar-refractivity contribution in [2.45, 2.75) is 11.8 Å². The Morgan fingerprint density at radius 3 is 2.19 bits per heavy atom. The predicted octanol–water partition coefficient (Wildman–Crippen LogP) is 4.37. The van der Waals surface area contributed by atoms with Gasteiger partial charge in [0.25, 0.3) is 10.0 Å². The number of sulfonamides is 1. The van der Waals surface area contributed by atoms with Crippen molar-refractivity contribution < 1.29 is 17.9 Å². The van der Waals surface area contributed by atoms with Crippen LogP contribution in [-0.2, 0) is 10.0 Å². The van der Waals surface area contributed by atoms with Gasteiger partial charge in [0, 0.05) is 16.8 Å². The first-order chi connectivity index (χ1) is 14.9. The molecule has 0 saturated carbocycles. The Morgan fingerprint density at radius 1 is 0.871 bits per heavy atom. The molecule has 3 aromatic rings. The minimum Gasteiger partial charge on any atom is -0.497 e. The molecule has 1 aliphatic carbocycles. The number of para-hydroxylation sites is 1. The summed E-state index contributed by atoms with van der Waals surface area (Å²) in [5.41, 5.74) is 3.04. The lowest BCUT2D eigenvalue weighted by molar-refractivity contribution is 0.103. The molecule has 1 N–H and O–H groups in total. The lowest BCUT2D eigenvalue weighted by Crippen LogP contribution is -2.23. The highest BCUT2D eigenvalue weighted by atomic mass is 32.2. The minimum absolute atomic E-state index is 0.0389. The van der Waals surface area contributed by atoms with Crippen LogP contribution in [0.1, 0.15) is 21.5 Å². The topological polar surface area (TPSA) is 84.8 Å². The van der Waals surface area contributed by atoms with Gasteiger partial charge in [0.2, 0.25) is 5.78 Å². The Kier molecular flexibility index (Phi) is 5.44. The van der Waals surface area contributed by atoms with Gasteiger partial charge in [0.1, 0.15) is 5.75 Å². The Bertz CT molecular complexity index is 1320. The number of hydrogen-bond acceptors (Lipinski definition) is 5. The number of benzene rings is 3. The number of anilines is 1. The second-order valence-electron chi connectivity index (χ2n) is 7.00. The number of rotatable bonds is 5. The van der Waals surface area contributed by atoms with Crippen LogP contribution in [0, 0.1) is 6.92 Å². The Hall–Kier alpha value is -3.71. The molecule has 1 aliphatic rings. The third-order valence-corrected chi connectivity index (χ3v) is 6.27. The van der Waals surface area contributed by atoms with Crippen molar-refractivity contribution in [1.82, 2.24) is 0 Å². The standard InChI is InChI=1S/C24H20N2O4S/c1-16-7-3-6-10-21(16)25-23-15-22(19-8-4-5-9-20(19)24(23)27)26-31(28,29)18-13-11-17(30-2)12-14-18/h3-15,25H,1-2H3/b26-22+. The van der Waals surface area contributed by atoms with Gasteiger partial charge in [-0.25, -0.2) is 0 Å². The highest BCUT2D eigenvalue weighted by Crippen LogP contribution is 2.26. The quantitative estimate of drug-likeness (QED) is 0.647. The van der Waals surface area contributed by atoms with Crippen LogP contribution in [0.3, 0.4) is 0 Å². The molecule has 0 radical (unpaired) electrons. The zero-order chi connectivity index (χ0) is 22.0. The number of aryl methyl sites for hydroxylation is 1. The average molecular weight is 433 g/mol. The van der Waals surface area contributed by atoms with Crippen molar-refractivity contribution in [1.29, 1.82) is 0 Å². The normalized spacial score (nSPS) is 14.7. The number of Topliss-reactive ketones (excluding diaryl/α,β-unsaturated/α-hetero) is 1. The molecule has 0 saturated heterocycles. The van der Waals surface area contributed by atoms with Crippen molar-refractivity contribution in [3.05, 3.63) is 101 Å². The largest absolute Gasteiger partial charge is 0.497 e. The number of hydrogen-bond donors (Lipinski definition) is 1. The second-order valence-corrected chi connectivity index (χ2v) is 8.60. The fourth-order valence-corrected chi connectivity index (χ4v) is 4.28.